The first-order valence-corrected chi connectivity index (χ1v) is 14.9. The van der Waals surface area contributed by atoms with Gasteiger partial charge in [0.25, 0.3) is 0 Å². The highest BCUT2D eigenvalue weighted by Gasteiger charge is 2.53. The number of aromatic nitrogens is 3. The second kappa shape index (κ2) is 15.8. The first-order valence-electron chi connectivity index (χ1n) is 14.9. The Morgan fingerprint density at radius 2 is 1.40 bits per heavy atom. The third-order valence-corrected chi connectivity index (χ3v) is 7.15. The number of unbranched alkanes of at least 4 members (excludes halogenated alkanes) is 1. The van der Waals surface area contributed by atoms with Crippen molar-refractivity contribution in [2.45, 2.75) is 56.9 Å². The summed E-state index contributed by atoms with van der Waals surface area (Å²) in [6.45, 7) is 0.881. The molecule has 14 heteroatoms. The van der Waals surface area contributed by atoms with Gasteiger partial charge in [0.2, 0.25) is 0 Å². The fourth-order valence-corrected chi connectivity index (χ4v) is 4.94. The lowest BCUT2D eigenvalue weighted by molar-refractivity contribution is -0.304. The number of carboxylic acids is 1. The molecule has 1 aromatic heterocycles. The molecule has 0 bridgehead atoms. The second-order valence-corrected chi connectivity index (χ2v) is 10.6. The van der Waals surface area contributed by atoms with E-state index in [0.29, 0.717) is 23.9 Å². The highest BCUT2D eigenvalue weighted by molar-refractivity contribution is 5.90. The number of esters is 3. The Labute approximate surface area is 269 Å². The molecule has 246 valence electrons. The van der Waals surface area contributed by atoms with Crippen LogP contribution in [0.1, 0.15) is 46.9 Å². The summed E-state index contributed by atoms with van der Waals surface area (Å²) in [7, 11) is 0. The van der Waals surface area contributed by atoms with E-state index in [0.717, 1.165) is 6.92 Å². The number of rotatable bonds is 14. The zero-order chi connectivity index (χ0) is 33.2. The van der Waals surface area contributed by atoms with Crippen LogP contribution in [0.25, 0.3) is 11.0 Å². The van der Waals surface area contributed by atoms with Crippen molar-refractivity contribution in [3.63, 3.8) is 0 Å². The molecule has 5 atom stereocenters. The Hall–Kier alpha value is -5.34. The Morgan fingerprint density at radius 1 is 0.787 bits per heavy atom. The van der Waals surface area contributed by atoms with E-state index in [-0.39, 0.29) is 30.8 Å². The summed E-state index contributed by atoms with van der Waals surface area (Å²) in [5.41, 5.74) is 1.53. The lowest BCUT2D eigenvalue weighted by atomic mass is 9.97. The fraction of sp³-hybridized carbons (Fsp3) is 0.333. The highest BCUT2D eigenvalue weighted by Crippen LogP contribution is 2.31. The minimum absolute atomic E-state index is 0.0187. The fourth-order valence-electron chi connectivity index (χ4n) is 4.94. The van der Waals surface area contributed by atoms with Gasteiger partial charge in [0.15, 0.2) is 24.6 Å². The first kappa shape index (κ1) is 33.0. The monoisotopic (exact) mass is 647 g/mol. The van der Waals surface area contributed by atoms with E-state index in [2.05, 4.69) is 10.3 Å². The summed E-state index contributed by atoms with van der Waals surface area (Å²) in [4.78, 5) is 57.3. The number of carbonyl (C=O) groups is 4. The van der Waals surface area contributed by atoms with Crippen molar-refractivity contribution in [2.24, 2.45) is 0 Å². The van der Waals surface area contributed by atoms with Crippen molar-refractivity contribution in [2.75, 3.05) is 13.2 Å². The second-order valence-electron chi connectivity index (χ2n) is 10.6. The van der Waals surface area contributed by atoms with Gasteiger partial charge in [-0.1, -0.05) is 53.4 Å². The molecule has 0 aliphatic carbocycles. The Kier molecular flexibility index (Phi) is 11.1. The summed E-state index contributed by atoms with van der Waals surface area (Å²) in [5, 5.41) is 17.1. The maximum Gasteiger partial charge on any atom is 0.338 e. The number of para-hydroxylation sites is 1. The third kappa shape index (κ3) is 8.68. The van der Waals surface area contributed by atoms with Crippen LogP contribution in [0.2, 0.25) is 0 Å². The predicted molar refractivity (Wildman–Crippen MR) is 162 cm³/mol. The van der Waals surface area contributed by atoms with Gasteiger partial charge in [-0.15, -0.1) is 5.10 Å². The molecule has 1 fully saturated rings. The molecule has 0 radical (unpaired) electrons. The van der Waals surface area contributed by atoms with Gasteiger partial charge in [0.05, 0.1) is 11.1 Å². The van der Waals surface area contributed by atoms with Crippen LogP contribution in [0.4, 0.5) is 0 Å². The highest BCUT2D eigenvalue weighted by atomic mass is 16.7. The van der Waals surface area contributed by atoms with Crippen molar-refractivity contribution < 1.29 is 52.8 Å². The van der Waals surface area contributed by atoms with Crippen LogP contribution in [0.15, 0.2) is 84.9 Å². The van der Waals surface area contributed by atoms with Gasteiger partial charge in [0.1, 0.15) is 23.7 Å². The van der Waals surface area contributed by atoms with Crippen LogP contribution in [0, 0.1) is 0 Å². The van der Waals surface area contributed by atoms with Crippen LogP contribution < -0.4 is 4.84 Å². The topological polar surface area (TPSA) is 175 Å². The van der Waals surface area contributed by atoms with Gasteiger partial charge in [-0.05, 0) is 54.5 Å². The van der Waals surface area contributed by atoms with E-state index >= 15 is 0 Å². The van der Waals surface area contributed by atoms with Crippen molar-refractivity contribution >= 4 is 34.9 Å². The predicted octanol–water partition coefficient (Wildman–Crippen LogP) is 3.24. The molecule has 0 amide bonds. The smallest absolute Gasteiger partial charge is 0.338 e. The molecule has 2 heterocycles. The molecule has 1 N–H and O–H groups in total. The quantitative estimate of drug-likeness (QED) is 0.120. The number of ether oxygens (including phenoxy) is 5. The van der Waals surface area contributed by atoms with E-state index in [4.69, 9.17) is 33.6 Å². The average molecular weight is 648 g/mol. The van der Waals surface area contributed by atoms with Crippen LogP contribution in [0.5, 0.6) is 0 Å². The van der Waals surface area contributed by atoms with Gasteiger partial charge in [0, 0.05) is 20.0 Å². The molecule has 0 saturated carbocycles. The number of hydrogen-bond donors (Lipinski definition) is 1. The van der Waals surface area contributed by atoms with E-state index in [1.165, 1.54) is 4.85 Å². The molecule has 3 aromatic carbocycles. The number of carboxylic acid groups (broad SMARTS) is 1. The average Bonchev–Trinajstić information content (AvgIpc) is 3.49. The minimum Gasteiger partial charge on any atom is -0.481 e. The van der Waals surface area contributed by atoms with Gasteiger partial charge in [-0.3, -0.25) is 9.59 Å². The molecule has 14 nitrogen and oxygen atoms in total. The summed E-state index contributed by atoms with van der Waals surface area (Å²) >= 11 is 0. The molecule has 1 saturated heterocycles. The molecule has 1 aliphatic heterocycles. The lowest BCUT2D eigenvalue weighted by Gasteiger charge is -2.44. The Balaban J connectivity index is 1.48. The van der Waals surface area contributed by atoms with Crippen LogP contribution in [-0.4, -0.2) is 88.1 Å². The number of fused-ring (bicyclic) bond motifs is 1. The number of carbonyl (C=O) groups excluding carboxylic acids is 3. The minimum atomic E-state index is -1.43. The number of hydrogen-bond acceptors (Lipinski definition) is 12. The molecule has 5 rings (SSSR count). The van der Waals surface area contributed by atoms with Crippen LogP contribution in [-0.2, 0) is 33.3 Å². The zero-order valence-electron chi connectivity index (χ0n) is 25.4. The summed E-state index contributed by atoms with van der Waals surface area (Å²) in [6.07, 6.45) is -6.10. The molecule has 4 aromatic rings. The maximum atomic E-state index is 13.4. The first-order chi connectivity index (χ1) is 22.8. The normalized spacial score (nSPS) is 20.7. The van der Waals surface area contributed by atoms with E-state index in [1.807, 2.05) is 0 Å². The van der Waals surface area contributed by atoms with Crippen molar-refractivity contribution in [3.8, 4) is 0 Å². The molecule has 3 unspecified atom stereocenters. The van der Waals surface area contributed by atoms with Crippen LogP contribution >= 0.6 is 0 Å². The molecule has 0 spiro atoms. The number of aliphatic carboxylic acids is 1. The Morgan fingerprint density at radius 3 is 2.04 bits per heavy atom. The van der Waals surface area contributed by atoms with Crippen molar-refractivity contribution in [3.05, 3.63) is 96.1 Å². The standard InChI is InChI=1S/C33H33N3O11/c1-21(37)44-30-29(47-32(41)23-14-6-3-7-15-23)28(46-31(40)22-12-4-2-5-13-22)26(45-33(30)42-19-11-10-18-27(38)39)20-43-36-25-17-9-8-16-24(25)34-35-36/h2-9,12-17,26,28-30,33H,10-11,18-20H2,1H3,(H,38,39)/t26?,28-,29?,30?,33+/m0/s1. The Bertz CT molecular complexity index is 1660. The molecule has 47 heavy (non-hydrogen) atoms. The van der Waals surface area contributed by atoms with Gasteiger partial charge >= 0.3 is 23.9 Å². The van der Waals surface area contributed by atoms with E-state index in [1.54, 1.807) is 84.9 Å². The lowest BCUT2D eigenvalue weighted by Crippen LogP contribution is -2.63. The van der Waals surface area contributed by atoms with E-state index in [9.17, 15) is 19.2 Å². The SMILES string of the molecule is CC(=O)OC1C(OC(=O)c2ccccc2)[C@@H](OC(=O)c2ccccc2)C(COn2nnc3ccccc32)O[C@H]1OCCCCC(=O)O. The molecular weight excluding hydrogens is 614 g/mol. The number of benzene rings is 3. The van der Waals surface area contributed by atoms with Gasteiger partial charge < -0.3 is 33.6 Å². The summed E-state index contributed by atoms with van der Waals surface area (Å²) < 4.78 is 29.7. The summed E-state index contributed by atoms with van der Waals surface area (Å²) in [5.74, 6) is -3.23. The van der Waals surface area contributed by atoms with Crippen LogP contribution in [0.3, 0.4) is 0 Å². The maximum absolute atomic E-state index is 13.4. The zero-order valence-corrected chi connectivity index (χ0v) is 25.4. The van der Waals surface area contributed by atoms with E-state index < -0.39 is 54.6 Å². The number of nitrogens with zero attached hydrogens (tertiary/aromatic N) is 3. The largest absolute Gasteiger partial charge is 0.481 e. The van der Waals surface area contributed by atoms with Gasteiger partial charge in [-0.2, -0.15) is 0 Å². The third-order valence-electron chi connectivity index (χ3n) is 7.15. The van der Waals surface area contributed by atoms with Gasteiger partial charge in [-0.25, -0.2) is 9.59 Å². The molecule has 1 aliphatic rings. The van der Waals surface area contributed by atoms with Crippen molar-refractivity contribution in [1.29, 1.82) is 0 Å². The summed E-state index contributed by atoms with van der Waals surface area (Å²) in [6, 6.07) is 23.3. The van der Waals surface area contributed by atoms with Crippen molar-refractivity contribution in [1.82, 2.24) is 15.2 Å². The molecular formula is C33H33N3O11.